The van der Waals surface area contributed by atoms with E-state index in [4.69, 9.17) is 0 Å². The molecule has 0 fully saturated rings. The molecule has 0 bridgehead atoms. The quantitative estimate of drug-likeness (QED) is 0.797. The topological polar surface area (TPSA) is 30.0 Å². The van der Waals surface area contributed by atoms with E-state index in [2.05, 4.69) is 20.9 Å². The average molecular weight is 288 g/mol. The molecule has 1 aromatic rings. The Morgan fingerprint density at radius 2 is 2.13 bits per heavy atom. The van der Waals surface area contributed by atoms with Crippen LogP contribution in [0.4, 0.5) is 0 Å². The largest absolute Gasteiger partial charge is 0.298 e. The molecule has 1 aromatic heterocycles. The molecular formula is C11H14BrNOS. The van der Waals surface area contributed by atoms with Crippen molar-refractivity contribution in [1.82, 2.24) is 4.98 Å². The van der Waals surface area contributed by atoms with Crippen molar-refractivity contribution >= 4 is 33.5 Å². The van der Waals surface area contributed by atoms with Gasteiger partial charge in [0.1, 0.15) is 5.78 Å². The number of aromatic nitrogens is 1. The van der Waals surface area contributed by atoms with Gasteiger partial charge in [-0.2, -0.15) is 0 Å². The molecule has 0 aromatic carbocycles. The fourth-order valence-corrected chi connectivity index (χ4v) is 2.04. The Balaban J connectivity index is 2.51. The smallest absolute Gasteiger partial charge is 0.148 e. The molecule has 15 heavy (non-hydrogen) atoms. The number of hydrogen-bond donors (Lipinski definition) is 0. The van der Waals surface area contributed by atoms with Crippen LogP contribution >= 0.6 is 27.7 Å². The van der Waals surface area contributed by atoms with Gasteiger partial charge in [-0.05, 0) is 28.1 Å². The summed E-state index contributed by atoms with van der Waals surface area (Å²) in [5.74, 6) is 0.732. The number of ketones is 1. The van der Waals surface area contributed by atoms with E-state index in [-0.39, 0.29) is 11.2 Å². The van der Waals surface area contributed by atoms with Gasteiger partial charge in [0.2, 0.25) is 0 Å². The second-order valence-electron chi connectivity index (χ2n) is 4.28. The van der Waals surface area contributed by atoms with E-state index in [1.807, 2.05) is 32.9 Å². The molecule has 0 aliphatic heterocycles. The molecule has 82 valence electrons. The molecule has 0 N–H and O–H groups in total. The number of pyridine rings is 1. The Labute approximate surface area is 103 Å². The summed E-state index contributed by atoms with van der Waals surface area (Å²) in [6.45, 7) is 5.81. The zero-order valence-corrected chi connectivity index (χ0v) is 11.5. The predicted molar refractivity (Wildman–Crippen MR) is 67.1 cm³/mol. The highest BCUT2D eigenvalue weighted by atomic mass is 79.9. The van der Waals surface area contributed by atoms with E-state index in [1.165, 1.54) is 11.8 Å². The van der Waals surface area contributed by atoms with Crippen molar-refractivity contribution in [2.75, 3.05) is 5.75 Å². The number of carbonyl (C=O) groups excluding carboxylic acids is 1. The van der Waals surface area contributed by atoms with E-state index >= 15 is 0 Å². The van der Waals surface area contributed by atoms with Gasteiger partial charge in [-0.1, -0.05) is 32.5 Å². The summed E-state index contributed by atoms with van der Waals surface area (Å²) < 4.78 is 0.953. The van der Waals surface area contributed by atoms with Gasteiger partial charge in [0.15, 0.2) is 0 Å². The summed E-state index contributed by atoms with van der Waals surface area (Å²) in [6, 6.07) is 3.83. The molecule has 0 unspecified atom stereocenters. The van der Waals surface area contributed by atoms with Gasteiger partial charge in [0, 0.05) is 16.1 Å². The summed E-state index contributed by atoms with van der Waals surface area (Å²) in [7, 11) is 0. The zero-order chi connectivity index (χ0) is 11.5. The maximum absolute atomic E-state index is 11.6. The summed E-state index contributed by atoms with van der Waals surface area (Å²) >= 11 is 4.80. The lowest BCUT2D eigenvalue weighted by Gasteiger charge is -2.15. The fraction of sp³-hybridized carbons (Fsp3) is 0.455. The lowest BCUT2D eigenvalue weighted by molar-refractivity contribution is -0.123. The fourth-order valence-electron chi connectivity index (χ4n) is 0.804. The molecule has 0 radical (unpaired) electrons. The van der Waals surface area contributed by atoms with Gasteiger partial charge in [-0.25, -0.2) is 4.98 Å². The number of thioether (sulfide) groups is 1. The first kappa shape index (κ1) is 12.7. The van der Waals surface area contributed by atoms with Gasteiger partial charge in [0.05, 0.1) is 10.8 Å². The average Bonchev–Trinajstić information content (AvgIpc) is 2.15. The molecule has 0 amide bonds. The van der Waals surface area contributed by atoms with E-state index in [0.717, 1.165) is 9.50 Å². The van der Waals surface area contributed by atoms with Crippen LogP contribution in [0.15, 0.2) is 27.8 Å². The Bertz CT molecular complexity index is 343. The third-order valence-corrected chi connectivity index (χ3v) is 3.30. The molecule has 1 rings (SSSR count). The van der Waals surface area contributed by atoms with Crippen LogP contribution < -0.4 is 0 Å². The zero-order valence-electron chi connectivity index (χ0n) is 9.08. The SMILES string of the molecule is CC(C)(C)C(=O)CSc1ccc(Br)cn1. The van der Waals surface area contributed by atoms with Gasteiger partial charge in [-0.3, -0.25) is 4.79 Å². The van der Waals surface area contributed by atoms with Crippen molar-refractivity contribution in [3.63, 3.8) is 0 Å². The minimum Gasteiger partial charge on any atom is -0.298 e. The minimum absolute atomic E-state index is 0.247. The van der Waals surface area contributed by atoms with Crippen LogP contribution in [0.5, 0.6) is 0 Å². The predicted octanol–water partition coefficient (Wildman–Crippen LogP) is 3.55. The van der Waals surface area contributed by atoms with Crippen molar-refractivity contribution in [2.24, 2.45) is 5.41 Å². The third kappa shape index (κ3) is 4.34. The van der Waals surface area contributed by atoms with Crippen LogP contribution in [0, 0.1) is 5.41 Å². The number of nitrogens with zero attached hydrogens (tertiary/aromatic N) is 1. The minimum atomic E-state index is -0.262. The van der Waals surface area contributed by atoms with E-state index < -0.39 is 0 Å². The van der Waals surface area contributed by atoms with Gasteiger partial charge in [-0.15, -0.1) is 0 Å². The number of rotatable bonds is 3. The highest BCUT2D eigenvalue weighted by molar-refractivity contribution is 9.10. The molecule has 0 saturated carbocycles. The Kier molecular flexibility index (Phi) is 4.34. The first-order valence-electron chi connectivity index (χ1n) is 4.67. The molecule has 2 nitrogen and oxygen atoms in total. The molecule has 0 atom stereocenters. The second-order valence-corrected chi connectivity index (χ2v) is 6.19. The lowest BCUT2D eigenvalue weighted by Crippen LogP contribution is -2.21. The van der Waals surface area contributed by atoms with E-state index in [9.17, 15) is 4.79 Å². The van der Waals surface area contributed by atoms with Crippen molar-refractivity contribution < 1.29 is 4.79 Å². The number of halogens is 1. The monoisotopic (exact) mass is 287 g/mol. The number of carbonyl (C=O) groups is 1. The van der Waals surface area contributed by atoms with Crippen LogP contribution in [0.25, 0.3) is 0 Å². The van der Waals surface area contributed by atoms with Crippen molar-refractivity contribution in [2.45, 2.75) is 25.8 Å². The molecule has 0 aliphatic carbocycles. The second kappa shape index (κ2) is 5.12. The van der Waals surface area contributed by atoms with Gasteiger partial charge >= 0.3 is 0 Å². The van der Waals surface area contributed by atoms with Gasteiger partial charge in [0.25, 0.3) is 0 Å². The summed E-state index contributed by atoms with van der Waals surface area (Å²) in [4.78, 5) is 15.8. The van der Waals surface area contributed by atoms with E-state index in [1.54, 1.807) is 6.20 Å². The lowest BCUT2D eigenvalue weighted by atomic mass is 9.92. The highest BCUT2D eigenvalue weighted by Gasteiger charge is 2.20. The van der Waals surface area contributed by atoms with Crippen LogP contribution in [0.1, 0.15) is 20.8 Å². The Morgan fingerprint density at radius 1 is 1.47 bits per heavy atom. The number of Topliss-reactive ketones (excluding diaryl/α,β-unsaturated/α-hetero) is 1. The van der Waals surface area contributed by atoms with Crippen LogP contribution in [0.2, 0.25) is 0 Å². The summed E-state index contributed by atoms with van der Waals surface area (Å²) in [5.41, 5.74) is -0.262. The maximum atomic E-state index is 11.6. The normalized spacial score (nSPS) is 11.5. The molecule has 0 aliphatic rings. The third-order valence-electron chi connectivity index (χ3n) is 1.89. The highest BCUT2D eigenvalue weighted by Crippen LogP contribution is 2.22. The first-order valence-corrected chi connectivity index (χ1v) is 6.45. The Morgan fingerprint density at radius 3 is 2.60 bits per heavy atom. The van der Waals surface area contributed by atoms with Crippen molar-refractivity contribution in [1.29, 1.82) is 0 Å². The van der Waals surface area contributed by atoms with Crippen molar-refractivity contribution in [3.8, 4) is 0 Å². The molecule has 4 heteroatoms. The van der Waals surface area contributed by atoms with Crippen molar-refractivity contribution in [3.05, 3.63) is 22.8 Å². The molecule has 0 spiro atoms. The summed E-state index contributed by atoms with van der Waals surface area (Å²) in [5, 5.41) is 0.885. The first-order chi connectivity index (χ1) is 6.89. The maximum Gasteiger partial charge on any atom is 0.148 e. The standard InChI is InChI=1S/C11H14BrNOS/c1-11(2,3)9(14)7-15-10-5-4-8(12)6-13-10/h4-6H,7H2,1-3H3. The van der Waals surface area contributed by atoms with Gasteiger partial charge < -0.3 is 0 Å². The molecular weight excluding hydrogens is 274 g/mol. The van der Waals surface area contributed by atoms with Crippen LogP contribution in [-0.4, -0.2) is 16.5 Å². The summed E-state index contributed by atoms with van der Waals surface area (Å²) in [6.07, 6.45) is 1.74. The molecule has 0 saturated heterocycles. The molecule has 1 heterocycles. The van der Waals surface area contributed by atoms with E-state index in [0.29, 0.717) is 5.75 Å². The Hall–Kier alpha value is -0.350. The van der Waals surface area contributed by atoms with Crippen LogP contribution in [0.3, 0.4) is 0 Å². The van der Waals surface area contributed by atoms with Crippen LogP contribution in [-0.2, 0) is 4.79 Å². The number of hydrogen-bond acceptors (Lipinski definition) is 3.